The Balaban J connectivity index is 1.68. The number of phenolic OH excluding ortho intramolecular Hbond substituents is 1. The molecule has 3 aromatic rings. The van der Waals surface area contributed by atoms with Crippen LogP contribution in [0, 0.1) is 0 Å². The van der Waals surface area contributed by atoms with Gasteiger partial charge in [0.25, 0.3) is 5.91 Å². The summed E-state index contributed by atoms with van der Waals surface area (Å²) in [6.45, 7) is 0.488. The highest BCUT2D eigenvalue weighted by Gasteiger charge is 2.12. The molecule has 0 aliphatic carbocycles. The van der Waals surface area contributed by atoms with E-state index in [2.05, 4.69) is 5.32 Å². The number of phenols is 1. The highest BCUT2D eigenvalue weighted by Crippen LogP contribution is 2.28. The van der Waals surface area contributed by atoms with Crippen LogP contribution in [0.5, 0.6) is 17.2 Å². The summed E-state index contributed by atoms with van der Waals surface area (Å²) in [5.41, 5.74) is 2.63. The number of benzene rings is 2. The van der Waals surface area contributed by atoms with Crippen LogP contribution in [0.2, 0.25) is 0 Å². The van der Waals surface area contributed by atoms with E-state index in [0.29, 0.717) is 30.0 Å². The number of carbonyl (C=O) groups excluding carboxylic acids is 1. The minimum absolute atomic E-state index is 0.172. The fourth-order valence-corrected chi connectivity index (χ4v) is 3.05. The van der Waals surface area contributed by atoms with E-state index in [9.17, 15) is 9.90 Å². The molecule has 0 saturated carbocycles. The summed E-state index contributed by atoms with van der Waals surface area (Å²) >= 11 is 0. The van der Waals surface area contributed by atoms with Crippen molar-refractivity contribution in [3.8, 4) is 17.2 Å². The highest BCUT2D eigenvalue weighted by atomic mass is 16.5. The maximum atomic E-state index is 12.4. The monoisotopic (exact) mass is 354 g/mol. The van der Waals surface area contributed by atoms with Crippen LogP contribution in [0.15, 0.2) is 42.6 Å². The molecule has 0 aliphatic heterocycles. The van der Waals surface area contributed by atoms with Crippen LogP contribution >= 0.6 is 0 Å². The molecule has 2 N–H and O–H groups in total. The lowest BCUT2D eigenvalue weighted by Crippen LogP contribution is -2.25. The molecule has 0 atom stereocenters. The molecular weight excluding hydrogens is 332 g/mol. The number of nitrogens with one attached hydrogen (secondary N) is 1. The first-order chi connectivity index (χ1) is 12.5. The second-order valence-electron chi connectivity index (χ2n) is 6.04. The molecule has 0 spiro atoms. The summed E-state index contributed by atoms with van der Waals surface area (Å²) in [7, 11) is 5.06. The van der Waals surface area contributed by atoms with E-state index in [4.69, 9.17) is 9.47 Å². The number of aromatic nitrogens is 1. The maximum absolute atomic E-state index is 12.4. The van der Waals surface area contributed by atoms with Gasteiger partial charge in [-0.05, 0) is 48.4 Å². The quantitative estimate of drug-likeness (QED) is 0.714. The largest absolute Gasteiger partial charge is 0.508 e. The van der Waals surface area contributed by atoms with Gasteiger partial charge in [-0.25, -0.2) is 0 Å². The minimum atomic E-state index is -0.172. The Morgan fingerprint density at radius 2 is 1.88 bits per heavy atom. The average Bonchev–Trinajstić information content (AvgIpc) is 2.96. The number of methoxy groups -OCH3 is 2. The van der Waals surface area contributed by atoms with Gasteiger partial charge in [0, 0.05) is 36.3 Å². The van der Waals surface area contributed by atoms with Crippen LogP contribution in [-0.2, 0) is 13.5 Å². The number of amides is 1. The molecule has 0 radical (unpaired) electrons. The van der Waals surface area contributed by atoms with Gasteiger partial charge >= 0.3 is 0 Å². The van der Waals surface area contributed by atoms with Gasteiger partial charge < -0.3 is 24.5 Å². The molecule has 6 heteroatoms. The molecule has 0 fully saturated rings. The van der Waals surface area contributed by atoms with Gasteiger partial charge in [0.15, 0.2) is 11.5 Å². The van der Waals surface area contributed by atoms with E-state index >= 15 is 0 Å². The van der Waals surface area contributed by atoms with Gasteiger partial charge in [-0.2, -0.15) is 0 Å². The smallest absolute Gasteiger partial charge is 0.251 e. The number of hydrogen-bond donors (Lipinski definition) is 2. The van der Waals surface area contributed by atoms with Crippen molar-refractivity contribution in [3.05, 3.63) is 53.7 Å². The number of carbonyl (C=O) groups is 1. The van der Waals surface area contributed by atoms with Gasteiger partial charge in [0.05, 0.1) is 14.2 Å². The second kappa shape index (κ2) is 7.39. The van der Waals surface area contributed by atoms with Crippen molar-refractivity contribution in [3.63, 3.8) is 0 Å². The molecule has 0 saturated heterocycles. The minimum Gasteiger partial charge on any atom is -0.508 e. The fraction of sp³-hybridized carbons (Fsp3) is 0.250. The number of hydrogen-bond acceptors (Lipinski definition) is 4. The first-order valence-corrected chi connectivity index (χ1v) is 8.30. The van der Waals surface area contributed by atoms with Crippen molar-refractivity contribution in [2.24, 2.45) is 7.05 Å². The predicted molar refractivity (Wildman–Crippen MR) is 100 cm³/mol. The van der Waals surface area contributed by atoms with Crippen molar-refractivity contribution >= 4 is 16.8 Å². The molecule has 136 valence electrons. The number of aromatic hydroxyl groups is 1. The summed E-state index contributed by atoms with van der Waals surface area (Å²) in [5.74, 6) is 1.16. The SMILES string of the molecule is COc1ccc(C(=O)NCCc2cn(C)c3ccc(O)cc23)cc1OC. The van der Waals surface area contributed by atoms with Crippen molar-refractivity contribution in [1.82, 2.24) is 9.88 Å². The van der Waals surface area contributed by atoms with E-state index in [1.54, 1.807) is 37.4 Å². The summed E-state index contributed by atoms with van der Waals surface area (Å²) < 4.78 is 12.4. The van der Waals surface area contributed by atoms with Gasteiger partial charge in [-0.1, -0.05) is 0 Å². The van der Waals surface area contributed by atoms with E-state index in [0.717, 1.165) is 16.5 Å². The lowest BCUT2D eigenvalue weighted by Gasteiger charge is -2.10. The molecule has 0 aliphatic rings. The van der Waals surface area contributed by atoms with Crippen molar-refractivity contribution in [1.29, 1.82) is 0 Å². The van der Waals surface area contributed by atoms with Crippen LogP contribution in [0.3, 0.4) is 0 Å². The summed E-state index contributed by atoms with van der Waals surface area (Å²) in [6, 6.07) is 10.4. The number of aryl methyl sites for hydroxylation is 1. The van der Waals surface area contributed by atoms with Crippen LogP contribution in [0.25, 0.3) is 10.9 Å². The molecule has 0 bridgehead atoms. The zero-order chi connectivity index (χ0) is 18.7. The predicted octanol–water partition coefficient (Wildman–Crippen LogP) is 2.87. The molecule has 2 aromatic carbocycles. The van der Waals surface area contributed by atoms with Crippen molar-refractivity contribution < 1.29 is 19.4 Å². The molecule has 0 unspecified atom stereocenters. The average molecular weight is 354 g/mol. The number of nitrogens with zero attached hydrogens (tertiary/aromatic N) is 1. The van der Waals surface area contributed by atoms with Crippen LogP contribution in [-0.4, -0.2) is 36.3 Å². The first-order valence-electron chi connectivity index (χ1n) is 8.30. The number of fused-ring (bicyclic) bond motifs is 1. The first kappa shape index (κ1) is 17.7. The third-order valence-electron chi connectivity index (χ3n) is 4.38. The van der Waals surface area contributed by atoms with E-state index < -0.39 is 0 Å². The van der Waals surface area contributed by atoms with Crippen LogP contribution in [0.1, 0.15) is 15.9 Å². The summed E-state index contributed by atoms with van der Waals surface area (Å²) in [4.78, 5) is 12.4. The molecule has 26 heavy (non-hydrogen) atoms. The molecule has 3 rings (SSSR count). The van der Waals surface area contributed by atoms with Crippen molar-refractivity contribution in [2.45, 2.75) is 6.42 Å². The Morgan fingerprint density at radius 1 is 1.12 bits per heavy atom. The van der Waals surface area contributed by atoms with Crippen LogP contribution < -0.4 is 14.8 Å². The topological polar surface area (TPSA) is 72.7 Å². The lowest BCUT2D eigenvalue weighted by molar-refractivity contribution is 0.0953. The van der Waals surface area contributed by atoms with Gasteiger partial charge in [0.1, 0.15) is 5.75 Å². The highest BCUT2D eigenvalue weighted by molar-refractivity contribution is 5.95. The third-order valence-corrected chi connectivity index (χ3v) is 4.38. The number of rotatable bonds is 6. The summed E-state index contributed by atoms with van der Waals surface area (Å²) in [5, 5.41) is 13.6. The van der Waals surface area contributed by atoms with Crippen LogP contribution in [0.4, 0.5) is 0 Å². The fourth-order valence-electron chi connectivity index (χ4n) is 3.05. The van der Waals surface area contributed by atoms with Crippen molar-refractivity contribution in [2.75, 3.05) is 20.8 Å². The maximum Gasteiger partial charge on any atom is 0.251 e. The molecule has 1 aromatic heterocycles. The Bertz CT molecular complexity index is 946. The second-order valence-corrected chi connectivity index (χ2v) is 6.04. The Hall–Kier alpha value is -3.15. The van der Waals surface area contributed by atoms with Gasteiger partial charge in [-0.3, -0.25) is 4.79 Å². The Morgan fingerprint density at radius 3 is 2.62 bits per heavy atom. The standard InChI is InChI=1S/C20H22N2O4/c1-22-12-14(16-11-15(23)5-6-17(16)22)8-9-21-20(24)13-4-7-18(25-2)19(10-13)26-3/h4-7,10-12,23H,8-9H2,1-3H3,(H,21,24). The number of ether oxygens (including phenoxy) is 2. The molecule has 6 nitrogen and oxygen atoms in total. The Labute approximate surface area is 152 Å². The summed E-state index contributed by atoms with van der Waals surface area (Å²) in [6.07, 6.45) is 2.69. The lowest BCUT2D eigenvalue weighted by atomic mass is 10.1. The van der Waals surface area contributed by atoms with E-state index in [-0.39, 0.29) is 11.7 Å². The van der Waals surface area contributed by atoms with Gasteiger partial charge in [0.2, 0.25) is 0 Å². The Kier molecular flexibility index (Phi) is 5.02. The zero-order valence-electron chi connectivity index (χ0n) is 15.1. The van der Waals surface area contributed by atoms with Gasteiger partial charge in [-0.15, -0.1) is 0 Å². The zero-order valence-corrected chi connectivity index (χ0v) is 15.1. The molecular formula is C20H22N2O4. The normalized spacial score (nSPS) is 10.7. The van der Waals surface area contributed by atoms with E-state index in [1.165, 1.54) is 7.11 Å². The van der Waals surface area contributed by atoms with E-state index in [1.807, 2.05) is 23.9 Å². The molecule has 1 amide bonds. The third kappa shape index (κ3) is 3.44. The molecule has 1 heterocycles.